The van der Waals surface area contributed by atoms with E-state index in [1.54, 1.807) is 0 Å². The van der Waals surface area contributed by atoms with E-state index in [1.807, 2.05) is 0 Å². The van der Waals surface area contributed by atoms with E-state index >= 15 is 0 Å². The monoisotopic (exact) mass is 671 g/mol. The van der Waals surface area contributed by atoms with E-state index in [4.69, 9.17) is 0 Å². The number of aromatic nitrogens is 1. The fourth-order valence-electron chi connectivity index (χ4n) is 8.67. The maximum absolute atomic E-state index is 2.42. The molecular weight excluding hydrogens is 639 g/mol. The number of hydrogen-bond donors (Lipinski definition) is 0. The molecule has 0 spiro atoms. The van der Waals surface area contributed by atoms with Gasteiger partial charge in [0, 0.05) is 16.5 Å². The molecule has 11 aromatic rings. The van der Waals surface area contributed by atoms with Gasteiger partial charge in [0.15, 0.2) is 0 Å². The lowest BCUT2D eigenvalue weighted by atomic mass is 9.84. The molecule has 0 saturated heterocycles. The highest BCUT2D eigenvalue weighted by Crippen LogP contribution is 2.46. The highest BCUT2D eigenvalue weighted by atomic mass is 15.0. The fraction of sp³-hybridized carbons (Fsp3) is 0. The molecule has 0 N–H and O–H groups in total. The molecule has 0 amide bonds. The Kier molecular flexibility index (Phi) is 6.62. The second-order valence-corrected chi connectivity index (χ2v) is 14.1. The molecular formula is C52H33N. The van der Waals surface area contributed by atoms with Crippen LogP contribution in [0.25, 0.3) is 104 Å². The smallest absolute Gasteiger partial charge is 0.0541 e. The Morgan fingerprint density at radius 1 is 0.245 bits per heavy atom. The summed E-state index contributed by atoms with van der Waals surface area (Å²) in [6.45, 7) is 0. The van der Waals surface area contributed by atoms with Crippen LogP contribution in [0.15, 0.2) is 200 Å². The quantitative estimate of drug-likeness (QED) is 0.164. The molecule has 0 radical (unpaired) electrons. The number of rotatable bonds is 4. The molecule has 1 aromatic heterocycles. The first kappa shape index (κ1) is 29.7. The number of nitrogens with zero attached hydrogens (tertiary/aromatic N) is 1. The molecule has 0 unspecified atom stereocenters. The molecule has 1 heterocycles. The minimum atomic E-state index is 1.16. The zero-order valence-corrected chi connectivity index (χ0v) is 29.0. The standard InChI is InChI=1S/C52H33N/c1-3-13-37-31-40(23-21-34(37)11-1)51-45-17-5-6-18-46(45)52(41-24-22-35-12-2-4-14-38(35)32-41)48-33-39(27-30-47(48)51)36-25-28-42(29-26-36)53-49-19-9-7-15-43(49)44-16-8-10-20-50(44)53/h1-33H. The molecule has 0 aliphatic heterocycles. The van der Waals surface area contributed by atoms with Crippen LogP contribution in [0.4, 0.5) is 0 Å². The summed E-state index contributed by atoms with van der Waals surface area (Å²) in [5, 5.41) is 12.6. The van der Waals surface area contributed by atoms with Gasteiger partial charge in [-0.1, -0.05) is 158 Å². The van der Waals surface area contributed by atoms with Crippen molar-refractivity contribution in [3.63, 3.8) is 0 Å². The molecule has 0 bridgehead atoms. The molecule has 11 rings (SSSR count). The van der Waals surface area contributed by atoms with Gasteiger partial charge in [0.05, 0.1) is 11.0 Å². The lowest BCUT2D eigenvalue weighted by Crippen LogP contribution is -1.94. The first-order valence-electron chi connectivity index (χ1n) is 18.3. The maximum Gasteiger partial charge on any atom is 0.0541 e. The van der Waals surface area contributed by atoms with Crippen molar-refractivity contribution >= 4 is 64.9 Å². The minimum Gasteiger partial charge on any atom is -0.309 e. The van der Waals surface area contributed by atoms with E-state index in [0.717, 1.165) is 5.69 Å². The molecule has 246 valence electrons. The average molecular weight is 672 g/mol. The molecule has 53 heavy (non-hydrogen) atoms. The number of fused-ring (bicyclic) bond motifs is 7. The summed E-state index contributed by atoms with van der Waals surface area (Å²) >= 11 is 0. The first-order chi connectivity index (χ1) is 26.3. The second-order valence-electron chi connectivity index (χ2n) is 14.1. The Hall–Kier alpha value is -6.96. The van der Waals surface area contributed by atoms with Gasteiger partial charge in [0.2, 0.25) is 0 Å². The summed E-state index contributed by atoms with van der Waals surface area (Å²) in [5.41, 5.74) is 11.0. The van der Waals surface area contributed by atoms with Crippen LogP contribution in [0.5, 0.6) is 0 Å². The fourth-order valence-corrected chi connectivity index (χ4v) is 8.67. The van der Waals surface area contributed by atoms with E-state index in [2.05, 4.69) is 205 Å². The Labute approximate surface area is 307 Å². The summed E-state index contributed by atoms with van der Waals surface area (Å²) in [4.78, 5) is 0. The van der Waals surface area contributed by atoms with Crippen molar-refractivity contribution in [3.8, 4) is 39.1 Å². The van der Waals surface area contributed by atoms with Gasteiger partial charge in [-0.3, -0.25) is 0 Å². The minimum absolute atomic E-state index is 1.16. The SMILES string of the molecule is c1ccc2cc(-c3c4ccccc4c(-c4ccc5ccccc5c4)c4cc(-c5ccc(-n6c7ccccc7c7ccccc76)cc5)ccc34)ccc2c1. The number of para-hydroxylation sites is 2. The molecule has 0 aliphatic carbocycles. The van der Waals surface area contributed by atoms with Gasteiger partial charge in [-0.05, 0) is 119 Å². The summed E-state index contributed by atoms with van der Waals surface area (Å²) in [5.74, 6) is 0. The van der Waals surface area contributed by atoms with Crippen LogP contribution in [0.1, 0.15) is 0 Å². The maximum atomic E-state index is 2.42. The molecule has 1 nitrogen and oxygen atoms in total. The van der Waals surface area contributed by atoms with E-state index in [-0.39, 0.29) is 0 Å². The van der Waals surface area contributed by atoms with Gasteiger partial charge in [0.25, 0.3) is 0 Å². The van der Waals surface area contributed by atoms with Crippen LogP contribution >= 0.6 is 0 Å². The van der Waals surface area contributed by atoms with E-state index in [0.29, 0.717) is 0 Å². The van der Waals surface area contributed by atoms with Crippen molar-refractivity contribution in [1.82, 2.24) is 4.57 Å². The molecule has 0 aliphatic rings. The third kappa shape index (κ3) is 4.71. The van der Waals surface area contributed by atoms with Gasteiger partial charge in [-0.15, -0.1) is 0 Å². The second kappa shape index (κ2) is 11.8. The van der Waals surface area contributed by atoms with E-state index in [9.17, 15) is 0 Å². The Morgan fingerprint density at radius 3 is 1.23 bits per heavy atom. The Bertz CT molecular complexity index is 3160. The van der Waals surface area contributed by atoms with Gasteiger partial charge in [0.1, 0.15) is 0 Å². The predicted octanol–water partition coefficient (Wildman–Crippen LogP) is 14.4. The summed E-state index contributed by atoms with van der Waals surface area (Å²) in [6.07, 6.45) is 0. The zero-order chi connectivity index (χ0) is 34.9. The highest BCUT2D eigenvalue weighted by molar-refractivity contribution is 6.22. The van der Waals surface area contributed by atoms with Gasteiger partial charge >= 0.3 is 0 Å². The van der Waals surface area contributed by atoms with Crippen molar-refractivity contribution in [2.75, 3.05) is 0 Å². The lowest BCUT2D eigenvalue weighted by molar-refractivity contribution is 1.18. The van der Waals surface area contributed by atoms with Crippen molar-refractivity contribution in [2.24, 2.45) is 0 Å². The van der Waals surface area contributed by atoms with Crippen molar-refractivity contribution in [1.29, 1.82) is 0 Å². The topological polar surface area (TPSA) is 4.93 Å². The van der Waals surface area contributed by atoms with Gasteiger partial charge in [-0.2, -0.15) is 0 Å². The van der Waals surface area contributed by atoms with Gasteiger partial charge < -0.3 is 4.57 Å². The molecule has 1 heteroatoms. The van der Waals surface area contributed by atoms with E-state index in [1.165, 1.54) is 98.3 Å². The molecule has 0 atom stereocenters. The van der Waals surface area contributed by atoms with Crippen LogP contribution in [0.3, 0.4) is 0 Å². The third-order valence-electron chi connectivity index (χ3n) is 11.1. The van der Waals surface area contributed by atoms with Gasteiger partial charge in [-0.25, -0.2) is 0 Å². The van der Waals surface area contributed by atoms with Crippen LogP contribution in [0, 0.1) is 0 Å². The van der Waals surface area contributed by atoms with Crippen molar-refractivity contribution in [2.45, 2.75) is 0 Å². The largest absolute Gasteiger partial charge is 0.309 e. The third-order valence-corrected chi connectivity index (χ3v) is 11.1. The predicted molar refractivity (Wildman–Crippen MR) is 227 cm³/mol. The molecule has 0 fully saturated rings. The summed E-state index contributed by atoms with van der Waals surface area (Å²) in [6, 6.07) is 73.7. The highest BCUT2D eigenvalue weighted by Gasteiger charge is 2.19. The zero-order valence-electron chi connectivity index (χ0n) is 29.0. The lowest BCUT2D eigenvalue weighted by Gasteiger charge is -2.19. The van der Waals surface area contributed by atoms with Crippen LogP contribution < -0.4 is 0 Å². The summed E-state index contributed by atoms with van der Waals surface area (Å²) in [7, 11) is 0. The van der Waals surface area contributed by atoms with Crippen LogP contribution in [0.2, 0.25) is 0 Å². The van der Waals surface area contributed by atoms with Crippen LogP contribution in [-0.2, 0) is 0 Å². The summed E-state index contributed by atoms with van der Waals surface area (Å²) < 4.78 is 2.38. The van der Waals surface area contributed by atoms with Crippen molar-refractivity contribution < 1.29 is 0 Å². The molecule has 0 saturated carbocycles. The van der Waals surface area contributed by atoms with Crippen LogP contribution in [-0.4, -0.2) is 4.57 Å². The Balaban J connectivity index is 1.15. The molecule has 10 aromatic carbocycles. The number of benzene rings is 10. The average Bonchev–Trinajstić information content (AvgIpc) is 3.56. The Morgan fingerprint density at radius 2 is 0.660 bits per heavy atom. The van der Waals surface area contributed by atoms with Crippen molar-refractivity contribution in [3.05, 3.63) is 200 Å². The normalized spacial score (nSPS) is 11.8. The van der Waals surface area contributed by atoms with E-state index < -0.39 is 0 Å². The number of hydrogen-bond acceptors (Lipinski definition) is 0. The first-order valence-corrected chi connectivity index (χ1v) is 18.3.